The number of hydrogen-bond acceptors (Lipinski definition) is 7. The number of anilines is 2. The number of piperidine rings is 1. The third-order valence-electron chi connectivity index (χ3n) is 4.85. The third-order valence-corrected chi connectivity index (χ3v) is 6.87. The molecule has 1 fully saturated rings. The standard InChI is InChI=1S/C18H20FN5S2/c1-23(17-15-16(20-11-21-17)22-18(25-2)26-15)13-6-8-24(9-7-13)14-5-3-4-12(19)10-14/h3-5,10-11,13H,6-9H2,1-2H3. The molecule has 0 radical (unpaired) electrons. The van der Waals surface area contributed by atoms with Gasteiger partial charge in [0.15, 0.2) is 15.8 Å². The largest absolute Gasteiger partial charge is 0.371 e. The summed E-state index contributed by atoms with van der Waals surface area (Å²) in [6.45, 7) is 1.82. The molecule has 0 unspecified atom stereocenters. The highest BCUT2D eigenvalue weighted by molar-refractivity contribution is 8.00. The molecule has 2 aromatic heterocycles. The van der Waals surface area contributed by atoms with E-state index in [1.54, 1.807) is 41.6 Å². The molecule has 1 aromatic carbocycles. The lowest BCUT2D eigenvalue weighted by Gasteiger charge is -2.38. The van der Waals surface area contributed by atoms with Crippen molar-refractivity contribution in [2.45, 2.75) is 23.2 Å². The maximum atomic E-state index is 13.5. The second-order valence-corrected chi connectivity index (χ2v) is 8.40. The Labute approximate surface area is 160 Å². The third kappa shape index (κ3) is 3.35. The van der Waals surface area contributed by atoms with Crippen molar-refractivity contribution in [2.24, 2.45) is 0 Å². The Bertz CT molecular complexity index is 907. The SMILES string of the molecule is CSc1nc2ncnc(N(C)C3CCN(c4cccc(F)c4)CC3)c2s1. The zero-order valence-corrected chi connectivity index (χ0v) is 16.4. The first-order chi connectivity index (χ1) is 12.7. The molecule has 26 heavy (non-hydrogen) atoms. The Kier molecular flexibility index (Phi) is 4.95. The molecule has 3 heterocycles. The normalized spacial score (nSPS) is 15.6. The zero-order chi connectivity index (χ0) is 18.1. The first-order valence-electron chi connectivity index (χ1n) is 8.54. The van der Waals surface area contributed by atoms with Crippen molar-refractivity contribution >= 4 is 45.0 Å². The molecule has 5 nitrogen and oxygen atoms in total. The minimum absolute atomic E-state index is 0.181. The van der Waals surface area contributed by atoms with Crippen molar-refractivity contribution in [2.75, 3.05) is 36.2 Å². The Morgan fingerprint density at radius 2 is 2.08 bits per heavy atom. The molecule has 0 atom stereocenters. The summed E-state index contributed by atoms with van der Waals surface area (Å²) in [5, 5.41) is 0. The summed E-state index contributed by atoms with van der Waals surface area (Å²) in [5.41, 5.74) is 1.73. The van der Waals surface area contributed by atoms with E-state index in [4.69, 9.17) is 0 Å². The predicted octanol–water partition coefficient (Wildman–Crippen LogP) is 4.05. The molecule has 0 bridgehead atoms. The molecule has 0 spiro atoms. The van der Waals surface area contributed by atoms with Crippen LogP contribution in [0.15, 0.2) is 34.9 Å². The molecule has 136 valence electrons. The van der Waals surface area contributed by atoms with Crippen LogP contribution in [0, 0.1) is 5.82 Å². The lowest BCUT2D eigenvalue weighted by Crippen LogP contribution is -2.43. The summed E-state index contributed by atoms with van der Waals surface area (Å²) in [5.74, 6) is 0.775. The van der Waals surface area contributed by atoms with Crippen molar-refractivity contribution in [3.63, 3.8) is 0 Å². The van der Waals surface area contributed by atoms with E-state index in [9.17, 15) is 4.39 Å². The first-order valence-corrected chi connectivity index (χ1v) is 10.6. The average Bonchev–Trinajstić information content (AvgIpc) is 3.11. The van der Waals surface area contributed by atoms with Crippen molar-refractivity contribution in [3.8, 4) is 0 Å². The van der Waals surface area contributed by atoms with Gasteiger partial charge in [0.05, 0.1) is 0 Å². The van der Waals surface area contributed by atoms with Crippen LogP contribution in [0.1, 0.15) is 12.8 Å². The molecule has 0 saturated carbocycles. The molecule has 8 heteroatoms. The number of thiazole rings is 1. The molecule has 1 aliphatic rings. The van der Waals surface area contributed by atoms with Gasteiger partial charge in [0, 0.05) is 31.9 Å². The Morgan fingerprint density at radius 3 is 2.81 bits per heavy atom. The molecule has 0 amide bonds. The van der Waals surface area contributed by atoms with Crippen LogP contribution < -0.4 is 9.80 Å². The van der Waals surface area contributed by atoms with E-state index >= 15 is 0 Å². The minimum Gasteiger partial charge on any atom is -0.371 e. The van der Waals surface area contributed by atoms with Crippen LogP contribution in [-0.4, -0.2) is 47.4 Å². The lowest BCUT2D eigenvalue weighted by molar-refractivity contribution is 0.480. The van der Waals surface area contributed by atoms with Crippen molar-refractivity contribution in [3.05, 3.63) is 36.4 Å². The number of nitrogens with zero attached hydrogens (tertiary/aromatic N) is 5. The number of fused-ring (bicyclic) bond motifs is 1. The highest BCUT2D eigenvalue weighted by Gasteiger charge is 2.25. The maximum Gasteiger partial charge on any atom is 0.176 e. The number of halogens is 1. The molecule has 3 aromatic rings. The van der Waals surface area contributed by atoms with Gasteiger partial charge in [-0.25, -0.2) is 19.3 Å². The zero-order valence-electron chi connectivity index (χ0n) is 14.7. The number of aromatic nitrogens is 3. The molecular formula is C18H20FN5S2. The van der Waals surface area contributed by atoms with Gasteiger partial charge in [-0.05, 0) is 37.3 Å². The fourth-order valence-corrected chi connectivity index (χ4v) is 4.96. The van der Waals surface area contributed by atoms with E-state index < -0.39 is 0 Å². The molecular weight excluding hydrogens is 369 g/mol. The van der Waals surface area contributed by atoms with E-state index in [2.05, 4.69) is 31.8 Å². The lowest BCUT2D eigenvalue weighted by atomic mass is 10.0. The van der Waals surface area contributed by atoms with Crippen molar-refractivity contribution in [1.82, 2.24) is 15.0 Å². The predicted molar refractivity (Wildman–Crippen MR) is 107 cm³/mol. The Balaban J connectivity index is 1.50. The Hall–Kier alpha value is -1.93. The quantitative estimate of drug-likeness (QED) is 0.627. The number of thioether (sulfide) groups is 1. The topological polar surface area (TPSA) is 45.2 Å². The Morgan fingerprint density at radius 1 is 1.27 bits per heavy atom. The van der Waals surface area contributed by atoms with Gasteiger partial charge in [-0.3, -0.25) is 0 Å². The van der Waals surface area contributed by atoms with Gasteiger partial charge in [0.1, 0.15) is 16.8 Å². The molecule has 0 aliphatic carbocycles. The average molecular weight is 390 g/mol. The van der Waals surface area contributed by atoms with E-state index in [0.717, 1.165) is 52.1 Å². The maximum absolute atomic E-state index is 13.5. The molecule has 1 aliphatic heterocycles. The van der Waals surface area contributed by atoms with E-state index in [1.165, 1.54) is 6.07 Å². The highest BCUT2D eigenvalue weighted by Crippen LogP contribution is 2.34. The van der Waals surface area contributed by atoms with Crippen LogP contribution in [0.5, 0.6) is 0 Å². The summed E-state index contributed by atoms with van der Waals surface area (Å²) >= 11 is 3.28. The first kappa shape index (κ1) is 17.5. The van der Waals surface area contributed by atoms with Crippen LogP contribution in [0.2, 0.25) is 0 Å². The second-order valence-electron chi connectivity index (χ2n) is 6.34. The van der Waals surface area contributed by atoms with Gasteiger partial charge >= 0.3 is 0 Å². The fourth-order valence-electron chi connectivity index (χ4n) is 3.42. The second kappa shape index (κ2) is 7.36. The van der Waals surface area contributed by atoms with Crippen LogP contribution in [0.25, 0.3) is 10.3 Å². The van der Waals surface area contributed by atoms with Gasteiger partial charge in [-0.15, -0.1) is 11.3 Å². The van der Waals surface area contributed by atoms with Crippen molar-refractivity contribution in [1.29, 1.82) is 0 Å². The van der Waals surface area contributed by atoms with E-state index in [1.807, 2.05) is 12.3 Å². The summed E-state index contributed by atoms with van der Waals surface area (Å²) in [4.78, 5) is 17.9. The van der Waals surface area contributed by atoms with Crippen LogP contribution in [0.4, 0.5) is 15.9 Å². The summed E-state index contributed by atoms with van der Waals surface area (Å²) in [6.07, 6.45) is 5.63. The van der Waals surface area contributed by atoms with Crippen molar-refractivity contribution < 1.29 is 4.39 Å². The van der Waals surface area contributed by atoms with Gasteiger partial charge in [0.2, 0.25) is 0 Å². The van der Waals surface area contributed by atoms with Gasteiger partial charge in [-0.1, -0.05) is 17.8 Å². The smallest absolute Gasteiger partial charge is 0.176 e. The summed E-state index contributed by atoms with van der Waals surface area (Å²) in [6, 6.07) is 7.25. The van der Waals surface area contributed by atoms with Gasteiger partial charge < -0.3 is 9.80 Å². The van der Waals surface area contributed by atoms with Gasteiger partial charge in [0.25, 0.3) is 0 Å². The monoisotopic (exact) mass is 389 g/mol. The van der Waals surface area contributed by atoms with Gasteiger partial charge in [-0.2, -0.15) is 0 Å². The molecule has 0 N–H and O–H groups in total. The fraction of sp³-hybridized carbons (Fsp3) is 0.389. The highest BCUT2D eigenvalue weighted by atomic mass is 32.2. The molecule has 4 rings (SSSR count). The van der Waals surface area contributed by atoms with Crippen LogP contribution in [0.3, 0.4) is 0 Å². The van der Waals surface area contributed by atoms with E-state index in [-0.39, 0.29) is 5.82 Å². The summed E-state index contributed by atoms with van der Waals surface area (Å²) < 4.78 is 15.5. The van der Waals surface area contributed by atoms with Crippen LogP contribution in [-0.2, 0) is 0 Å². The van der Waals surface area contributed by atoms with E-state index in [0.29, 0.717) is 6.04 Å². The number of rotatable bonds is 4. The number of benzene rings is 1. The number of hydrogen-bond donors (Lipinski definition) is 0. The van der Waals surface area contributed by atoms with Crippen LogP contribution >= 0.6 is 23.1 Å². The summed E-state index contributed by atoms with van der Waals surface area (Å²) in [7, 11) is 2.10. The molecule has 1 saturated heterocycles. The minimum atomic E-state index is -0.181.